The Morgan fingerprint density at radius 2 is 1.95 bits per heavy atom. The Bertz CT molecular complexity index is 650. The van der Waals surface area contributed by atoms with Gasteiger partial charge in [0.1, 0.15) is 0 Å². The molecule has 0 saturated carbocycles. The summed E-state index contributed by atoms with van der Waals surface area (Å²) in [6, 6.07) is 2.85. The molecule has 1 saturated heterocycles. The predicted octanol–water partition coefficient (Wildman–Crippen LogP) is 1.20. The van der Waals surface area contributed by atoms with Crippen LogP contribution in [0.25, 0.3) is 0 Å². The number of hydrogen-bond donors (Lipinski definition) is 1. The van der Waals surface area contributed by atoms with E-state index in [0.29, 0.717) is 31.6 Å². The first-order valence-electron chi connectivity index (χ1n) is 6.81. The molecule has 1 heterocycles. The van der Waals surface area contributed by atoms with Crippen LogP contribution in [0.2, 0.25) is 0 Å². The fraction of sp³-hybridized carbons (Fsp3) is 0.538. The van der Waals surface area contributed by atoms with Crippen molar-refractivity contribution >= 4 is 15.7 Å². The SMILES string of the molecule is Cc1ccc([N+](=O)[O-])c(S(=O)(=O)N2CCCNCC2)c1C. The highest BCUT2D eigenvalue weighted by atomic mass is 32.2. The van der Waals surface area contributed by atoms with Crippen LogP contribution in [0.3, 0.4) is 0 Å². The van der Waals surface area contributed by atoms with Gasteiger partial charge in [-0.1, -0.05) is 6.07 Å². The summed E-state index contributed by atoms with van der Waals surface area (Å²) in [6.45, 7) is 5.37. The minimum atomic E-state index is -3.86. The van der Waals surface area contributed by atoms with E-state index in [4.69, 9.17) is 0 Å². The predicted molar refractivity (Wildman–Crippen MR) is 78.8 cm³/mol. The number of sulfonamides is 1. The molecule has 0 unspecified atom stereocenters. The Morgan fingerprint density at radius 3 is 2.62 bits per heavy atom. The molecule has 0 radical (unpaired) electrons. The van der Waals surface area contributed by atoms with Gasteiger partial charge < -0.3 is 5.32 Å². The lowest BCUT2D eigenvalue weighted by Crippen LogP contribution is -2.35. The molecule has 0 spiro atoms. The highest BCUT2D eigenvalue weighted by Crippen LogP contribution is 2.31. The van der Waals surface area contributed by atoms with E-state index in [-0.39, 0.29) is 10.6 Å². The van der Waals surface area contributed by atoms with E-state index in [1.54, 1.807) is 19.9 Å². The second-order valence-electron chi connectivity index (χ2n) is 5.12. The van der Waals surface area contributed by atoms with Gasteiger partial charge in [0.05, 0.1) is 4.92 Å². The van der Waals surface area contributed by atoms with Crippen molar-refractivity contribution in [3.05, 3.63) is 33.4 Å². The van der Waals surface area contributed by atoms with Crippen LogP contribution in [0.15, 0.2) is 17.0 Å². The number of benzene rings is 1. The minimum absolute atomic E-state index is 0.172. The van der Waals surface area contributed by atoms with E-state index in [9.17, 15) is 18.5 Å². The molecule has 21 heavy (non-hydrogen) atoms. The number of nitrogens with one attached hydrogen (secondary N) is 1. The quantitative estimate of drug-likeness (QED) is 0.668. The molecule has 1 N–H and O–H groups in total. The average Bonchev–Trinajstić information content (AvgIpc) is 2.70. The van der Waals surface area contributed by atoms with Crippen LogP contribution in [0.4, 0.5) is 5.69 Å². The Morgan fingerprint density at radius 1 is 1.24 bits per heavy atom. The third-order valence-corrected chi connectivity index (χ3v) is 5.83. The van der Waals surface area contributed by atoms with E-state index in [0.717, 1.165) is 12.1 Å². The van der Waals surface area contributed by atoms with Crippen LogP contribution >= 0.6 is 0 Å². The van der Waals surface area contributed by atoms with Gasteiger partial charge in [-0.2, -0.15) is 4.31 Å². The maximum Gasteiger partial charge on any atom is 0.289 e. The summed E-state index contributed by atoms with van der Waals surface area (Å²) in [5.41, 5.74) is 0.823. The standard InChI is InChI=1S/C13H19N3O4S/c1-10-4-5-12(16(17)18)13(11(10)2)21(19,20)15-8-3-6-14-7-9-15/h4-5,14H,3,6-9H2,1-2H3. The lowest BCUT2D eigenvalue weighted by atomic mass is 10.1. The molecule has 1 aromatic carbocycles. The summed E-state index contributed by atoms with van der Waals surface area (Å²) in [7, 11) is -3.86. The van der Waals surface area contributed by atoms with Gasteiger partial charge in [0.25, 0.3) is 5.69 Å². The smallest absolute Gasteiger partial charge is 0.289 e. The number of nitrogens with zero attached hydrogens (tertiary/aromatic N) is 2. The van der Waals surface area contributed by atoms with Gasteiger partial charge in [-0.25, -0.2) is 8.42 Å². The van der Waals surface area contributed by atoms with Gasteiger partial charge in [-0.3, -0.25) is 10.1 Å². The van der Waals surface area contributed by atoms with E-state index < -0.39 is 14.9 Å². The lowest BCUT2D eigenvalue weighted by Gasteiger charge is -2.21. The summed E-state index contributed by atoms with van der Waals surface area (Å²) < 4.78 is 27.0. The molecule has 0 amide bonds. The third-order valence-electron chi connectivity index (χ3n) is 3.75. The van der Waals surface area contributed by atoms with E-state index >= 15 is 0 Å². The lowest BCUT2D eigenvalue weighted by molar-refractivity contribution is -0.388. The fourth-order valence-electron chi connectivity index (χ4n) is 2.44. The number of rotatable bonds is 3. The molecule has 0 aliphatic carbocycles. The van der Waals surface area contributed by atoms with E-state index in [1.807, 2.05) is 0 Å². The molecule has 1 aromatic rings. The van der Waals surface area contributed by atoms with Crippen molar-refractivity contribution < 1.29 is 13.3 Å². The first-order valence-corrected chi connectivity index (χ1v) is 8.25. The molecule has 1 fully saturated rings. The first-order chi connectivity index (χ1) is 9.85. The average molecular weight is 313 g/mol. The Kier molecular flexibility index (Phi) is 4.60. The molecular formula is C13H19N3O4S. The fourth-order valence-corrected chi connectivity index (χ4v) is 4.35. The third kappa shape index (κ3) is 3.07. The molecule has 1 aliphatic heterocycles. The van der Waals surface area contributed by atoms with Crippen LogP contribution in [-0.2, 0) is 10.0 Å². The molecule has 8 heteroatoms. The number of nitro groups is 1. The van der Waals surface area contributed by atoms with Crippen LogP contribution in [0, 0.1) is 24.0 Å². The number of nitro benzene ring substituents is 1. The monoisotopic (exact) mass is 313 g/mol. The molecule has 116 valence electrons. The van der Waals surface area contributed by atoms with E-state index in [1.165, 1.54) is 10.4 Å². The van der Waals surface area contributed by atoms with Gasteiger partial charge in [0, 0.05) is 25.7 Å². The summed E-state index contributed by atoms with van der Waals surface area (Å²) in [5.74, 6) is 0. The van der Waals surface area contributed by atoms with Crippen molar-refractivity contribution in [2.75, 3.05) is 26.2 Å². The summed E-state index contributed by atoms with van der Waals surface area (Å²) in [6.07, 6.45) is 0.692. The van der Waals surface area contributed by atoms with Crippen molar-refractivity contribution in [2.24, 2.45) is 0 Å². The highest BCUT2D eigenvalue weighted by molar-refractivity contribution is 7.89. The van der Waals surface area contributed by atoms with E-state index in [2.05, 4.69) is 5.32 Å². The van der Waals surface area contributed by atoms with Crippen LogP contribution in [0.1, 0.15) is 17.5 Å². The molecule has 1 aliphatic rings. The zero-order chi connectivity index (χ0) is 15.6. The number of aryl methyl sites for hydroxylation is 1. The first kappa shape index (κ1) is 15.9. The Labute approximate surface area is 124 Å². The largest absolute Gasteiger partial charge is 0.315 e. The van der Waals surface area contributed by atoms with Gasteiger partial charge in [0.15, 0.2) is 4.90 Å². The second kappa shape index (κ2) is 6.08. The van der Waals surface area contributed by atoms with Gasteiger partial charge in [-0.05, 0) is 37.9 Å². The van der Waals surface area contributed by atoms with Crippen molar-refractivity contribution in [1.29, 1.82) is 0 Å². The zero-order valence-corrected chi connectivity index (χ0v) is 12.9. The second-order valence-corrected chi connectivity index (χ2v) is 7.00. The Hall–Kier alpha value is -1.51. The van der Waals surface area contributed by atoms with Gasteiger partial charge >= 0.3 is 0 Å². The summed E-state index contributed by atoms with van der Waals surface area (Å²) >= 11 is 0. The van der Waals surface area contributed by atoms with Gasteiger partial charge in [0.2, 0.25) is 10.0 Å². The summed E-state index contributed by atoms with van der Waals surface area (Å²) in [5, 5.41) is 14.3. The van der Waals surface area contributed by atoms with Crippen molar-refractivity contribution in [2.45, 2.75) is 25.2 Å². The minimum Gasteiger partial charge on any atom is -0.315 e. The highest BCUT2D eigenvalue weighted by Gasteiger charge is 2.34. The zero-order valence-electron chi connectivity index (χ0n) is 12.1. The van der Waals surface area contributed by atoms with Crippen molar-refractivity contribution in [1.82, 2.24) is 9.62 Å². The normalized spacial score (nSPS) is 17.4. The van der Waals surface area contributed by atoms with Crippen molar-refractivity contribution in [3.63, 3.8) is 0 Å². The maximum absolute atomic E-state index is 12.8. The molecule has 0 aromatic heterocycles. The maximum atomic E-state index is 12.8. The molecule has 0 bridgehead atoms. The molecule has 7 nitrogen and oxygen atoms in total. The van der Waals surface area contributed by atoms with Crippen LogP contribution in [0.5, 0.6) is 0 Å². The van der Waals surface area contributed by atoms with Crippen LogP contribution in [-0.4, -0.2) is 43.8 Å². The number of hydrogen-bond acceptors (Lipinski definition) is 5. The van der Waals surface area contributed by atoms with Gasteiger partial charge in [-0.15, -0.1) is 0 Å². The topological polar surface area (TPSA) is 92.5 Å². The van der Waals surface area contributed by atoms with Crippen LogP contribution < -0.4 is 5.32 Å². The van der Waals surface area contributed by atoms with Crippen molar-refractivity contribution in [3.8, 4) is 0 Å². The Balaban J connectivity index is 2.57. The summed E-state index contributed by atoms with van der Waals surface area (Å²) in [4.78, 5) is 10.4. The molecular weight excluding hydrogens is 294 g/mol. The molecule has 2 rings (SSSR count). The molecule has 0 atom stereocenters.